The van der Waals surface area contributed by atoms with Gasteiger partial charge in [-0.1, -0.05) is 26.7 Å². The lowest BCUT2D eigenvalue weighted by atomic mass is 10.2. The summed E-state index contributed by atoms with van der Waals surface area (Å²) >= 11 is 5.01. The Morgan fingerprint density at radius 1 is 1.18 bits per heavy atom. The summed E-state index contributed by atoms with van der Waals surface area (Å²) in [5, 5.41) is 0.792. The lowest BCUT2D eigenvalue weighted by Gasteiger charge is -2.04. The molecule has 0 unspecified atom stereocenters. The third-order valence-corrected chi connectivity index (χ3v) is 1.77. The van der Waals surface area contributed by atoms with Gasteiger partial charge in [0, 0.05) is 6.42 Å². The summed E-state index contributed by atoms with van der Waals surface area (Å²) in [6.07, 6.45) is 5.70. The fourth-order valence-corrected chi connectivity index (χ4v) is 1.04. The number of thiocarbonyl (C=S) groups is 1. The molecular weight excluding hydrogens is 156 g/mol. The maximum Gasteiger partial charge on any atom is 0.159 e. The Morgan fingerprint density at radius 3 is 2.45 bits per heavy atom. The van der Waals surface area contributed by atoms with Gasteiger partial charge in [-0.05, 0) is 25.1 Å². The molecule has 0 aromatic carbocycles. The number of ether oxygens (including phenoxy) is 1. The van der Waals surface area contributed by atoms with Gasteiger partial charge in [0.2, 0.25) is 0 Å². The van der Waals surface area contributed by atoms with Crippen molar-refractivity contribution in [3.63, 3.8) is 0 Å². The molecule has 1 nitrogen and oxygen atoms in total. The number of hydrogen-bond acceptors (Lipinski definition) is 2. The summed E-state index contributed by atoms with van der Waals surface area (Å²) in [7, 11) is 0. The molecule has 0 aliphatic rings. The molecule has 0 fully saturated rings. The van der Waals surface area contributed by atoms with Gasteiger partial charge in [0.05, 0.1) is 6.61 Å². The summed E-state index contributed by atoms with van der Waals surface area (Å²) in [6.45, 7) is 5.07. The first-order chi connectivity index (χ1) is 5.31. The summed E-state index contributed by atoms with van der Waals surface area (Å²) in [4.78, 5) is 0. The third-order valence-electron chi connectivity index (χ3n) is 1.45. The maximum absolute atomic E-state index is 5.27. The minimum Gasteiger partial charge on any atom is -0.487 e. The van der Waals surface area contributed by atoms with Crippen molar-refractivity contribution in [3.05, 3.63) is 0 Å². The van der Waals surface area contributed by atoms with Gasteiger partial charge in [0.25, 0.3) is 0 Å². The van der Waals surface area contributed by atoms with Crippen molar-refractivity contribution in [3.8, 4) is 0 Å². The zero-order valence-electron chi connectivity index (χ0n) is 7.56. The van der Waals surface area contributed by atoms with E-state index in [0.29, 0.717) is 0 Å². The van der Waals surface area contributed by atoms with Gasteiger partial charge in [0.15, 0.2) is 5.05 Å². The molecule has 0 atom stereocenters. The predicted octanol–water partition coefficient (Wildman–Crippen LogP) is 3.32. The molecular formula is C9H18OS. The standard InChI is InChI=1S/C9H18OS/c1-3-5-6-7-9(11)10-8-4-2/h3-8H2,1-2H3. The Labute approximate surface area is 75.1 Å². The van der Waals surface area contributed by atoms with Crippen molar-refractivity contribution >= 4 is 17.3 Å². The molecule has 0 bridgehead atoms. The molecule has 2 heteroatoms. The first-order valence-electron chi connectivity index (χ1n) is 4.46. The SMILES string of the molecule is CCCCCC(=S)OCCC. The molecule has 0 amide bonds. The highest BCUT2D eigenvalue weighted by Crippen LogP contribution is 2.02. The second-order valence-electron chi connectivity index (χ2n) is 2.68. The Bertz CT molecular complexity index is 102. The summed E-state index contributed by atoms with van der Waals surface area (Å²) in [5.74, 6) is 0. The molecule has 0 saturated heterocycles. The van der Waals surface area contributed by atoms with Crippen molar-refractivity contribution in [2.24, 2.45) is 0 Å². The van der Waals surface area contributed by atoms with Crippen LogP contribution < -0.4 is 0 Å². The molecule has 0 saturated carbocycles. The number of hydrogen-bond donors (Lipinski definition) is 0. The molecule has 0 radical (unpaired) electrons. The summed E-state index contributed by atoms with van der Waals surface area (Å²) in [5.41, 5.74) is 0. The molecule has 11 heavy (non-hydrogen) atoms. The van der Waals surface area contributed by atoms with Gasteiger partial charge < -0.3 is 4.74 Å². The van der Waals surface area contributed by atoms with E-state index >= 15 is 0 Å². The van der Waals surface area contributed by atoms with Crippen LogP contribution in [0.2, 0.25) is 0 Å². The van der Waals surface area contributed by atoms with E-state index in [-0.39, 0.29) is 0 Å². The van der Waals surface area contributed by atoms with Gasteiger partial charge in [-0.15, -0.1) is 0 Å². The van der Waals surface area contributed by atoms with Crippen LogP contribution >= 0.6 is 12.2 Å². The summed E-state index contributed by atoms with van der Waals surface area (Å²) < 4.78 is 5.27. The van der Waals surface area contributed by atoms with Crippen LogP contribution in [-0.4, -0.2) is 11.7 Å². The normalized spacial score (nSPS) is 9.64. The highest BCUT2D eigenvalue weighted by Gasteiger charge is 1.95. The molecule has 0 aliphatic heterocycles. The summed E-state index contributed by atoms with van der Waals surface area (Å²) in [6, 6.07) is 0. The van der Waals surface area contributed by atoms with Crippen LogP contribution in [0.1, 0.15) is 46.0 Å². The van der Waals surface area contributed by atoms with Crippen LogP contribution in [0, 0.1) is 0 Å². The van der Waals surface area contributed by atoms with Crippen LogP contribution in [0.5, 0.6) is 0 Å². The predicted molar refractivity (Wildman–Crippen MR) is 53.0 cm³/mol. The zero-order valence-corrected chi connectivity index (χ0v) is 8.38. The maximum atomic E-state index is 5.27. The largest absolute Gasteiger partial charge is 0.487 e. The van der Waals surface area contributed by atoms with Gasteiger partial charge in [-0.3, -0.25) is 0 Å². The quantitative estimate of drug-likeness (QED) is 0.451. The average molecular weight is 174 g/mol. The van der Waals surface area contributed by atoms with Gasteiger partial charge >= 0.3 is 0 Å². The first kappa shape index (κ1) is 10.9. The van der Waals surface area contributed by atoms with E-state index in [4.69, 9.17) is 17.0 Å². The van der Waals surface area contributed by atoms with Crippen LogP contribution in [0.4, 0.5) is 0 Å². The monoisotopic (exact) mass is 174 g/mol. The lowest BCUT2D eigenvalue weighted by molar-refractivity contribution is 0.303. The van der Waals surface area contributed by atoms with Crippen molar-refractivity contribution in [2.45, 2.75) is 46.0 Å². The topological polar surface area (TPSA) is 9.23 Å². The van der Waals surface area contributed by atoms with Crippen molar-refractivity contribution in [1.82, 2.24) is 0 Å². The lowest BCUT2D eigenvalue weighted by Crippen LogP contribution is -2.01. The molecule has 66 valence electrons. The smallest absolute Gasteiger partial charge is 0.159 e. The van der Waals surface area contributed by atoms with E-state index < -0.39 is 0 Å². The average Bonchev–Trinajstić information content (AvgIpc) is 2.01. The molecule has 0 rings (SSSR count). The molecule has 0 aromatic rings. The van der Waals surface area contributed by atoms with Crippen LogP contribution in [0.3, 0.4) is 0 Å². The third kappa shape index (κ3) is 7.79. The van der Waals surface area contributed by atoms with Crippen LogP contribution in [-0.2, 0) is 4.74 Å². The number of unbranched alkanes of at least 4 members (excludes halogenated alkanes) is 2. The van der Waals surface area contributed by atoms with Crippen molar-refractivity contribution in [2.75, 3.05) is 6.61 Å². The van der Waals surface area contributed by atoms with E-state index in [1.54, 1.807) is 0 Å². The fraction of sp³-hybridized carbons (Fsp3) is 0.889. The Morgan fingerprint density at radius 2 is 1.91 bits per heavy atom. The molecule has 0 aliphatic carbocycles. The minimum atomic E-state index is 0.783. The Hall–Kier alpha value is -0.110. The van der Waals surface area contributed by atoms with Gasteiger partial charge in [0.1, 0.15) is 0 Å². The fourth-order valence-electron chi connectivity index (χ4n) is 0.807. The van der Waals surface area contributed by atoms with E-state index in [0.717, 1.165) is 24.5 Å². The zero-order chi connectivity index (χ0) is 8.53. The Kier molecular flexibility index (Phi) is 7.91. The molecule has 0 heterocycles. The van der Waals surface area contributed by atoms with Crippen LogP contribution in [0.25, 0.3) is 0 Å². The van der Waals surface area contributed by atoms with Gasteiger partial charge in [-0.25, -0.2) is 0 Å². The van der Waals surface area contributed by atoms with E-state index in [1.807, 2.05) is 0 Å². The van der Waals surface area contributed by atoms with E-state index in [9.17, 15) is 0 Å². The highest BCUT2D eigenvalue weighted by molar-refractivity contribution is 7.80. The first-order valence-corrected chi connectivity index (χ1v) is 4.87. The van der Waals surface area contributed by atoms with E-state index in [1.165, 1.54) is 19.3 Å². The Balaban J connectivity index is 3.09. The highest BCUT2D eigenvalue weighted by atomic mass is 32.1. The molecule has 0 N–H and O–H groups in total. The minimum absolute atomic E-state index is 0.783. The van der Waals surface area contributed by atoms with E-state index in [2.05, 4.69) is 13.8 Å². The van der Waals surface area contributed by atoms with Gasteiger partial charge in [-0.2, -0.15) is 0 Å². The second kappa shape index (κ2) is 7.99. The van der Waals surface area contributed by atoms with Crippen molar-refractivity contribution < 1.29 is 4.74 Å². The number of rotatable bonds is 6. The second-order valence-corrected chi connectivity index (χ2v) is 3.13. The van der Waals surface area contributed by atoms with Crippen molar-refractivity contribution in [1.29, 1.82) is 0 Å². The van der Waals surface area contributed by atoms with Crippen LogP contribution in [0.15, 0.2) is 0 Å². The molecule has 0 aromatic heterocycles. The molecule has 0 spiro atoms.